The van der Waals surface area contributed by atoms with E-state index < -0.39 is 10.8 Å². The van der Waals surface area contributed by atoms with E-state index in [1.54, 1.807) is 0 Å². The average Bonchev–Trinajstić information content (AvgIpc) is 3.25. The highest BCUT2D eigenvalue weighted by molar-refractivity contribution is 6.14. The summed E-state index contributed by atoms with van der Waals surface area (Å²) in [7, 11) is 0. The van der Waals surface area contributed by atoms with Gasteiger partial charge >= 0.3 is 0 Å². The van der Waals surface area contributed by atoms with Gasteiger partial charge in [-0.25, -0.2) is 0 Å². The summed E-state index contributed by atoms with van der Waals surface area (Å²) in [5, 5.41) is 2.20. The minimum absolute atomic E-state index is 0.113. The molecular formula is C76H59NO2. The lowest BCUT2D eigenvalue weighted by Gasteiger charge is -2.41. The van der Waals surface area contributed by atoms with Gasteiger partial charge in [0.1, 0.15) is 22.7 Å². The van der Waals surface area contributed by atoms with Gasteiger partial charge in [-0.05, 0) is 138 Å². The van der Waals surface area contributed by atoms with Crippen molar-refractivity contribution < 1.29 is 9.15 Å². The number of anilines is 3. The first-order valence-electron chi connectivity index (χ1n) is 27.8. The number of hydrogen-bond donors (Lipinski definition) is 0. The van der Waals surface area contributed by atoms with E-state index in [1.165, 1.54) is 66.8 Å². The summed E-state index contributed by atoms with van der Waals surface area (Å²) in [6.45, 7) is 13.9. The average molecular weight is 1020 g/mol. The molecule has 15 rings (SSSR count). The number of benzene rings is 11. The summed E-state index contributed by atoms with van der Waals surface area (Å²) in [6, 6.07) is 92.7. The molecule has 1 aliphatic heterocycles. The molecule has 79 heavy (non-hydrogen) atoms. The van der Waals surface area contributed by atoms with Crippen molar-refractivity contribution in [3.05, 3.63) is 304 Å². The SMILES string of the molecule is CC(C)(C)c1ccc2c(c1)C1(c3cc(C(C)(C)C)ccc3O2)c2ccccc2-c2c(N(c3ccc4c(c3)C(c3ccccc3)(c3ccccc3)c3ccccc3-4)c3ccccc3-c3cccc4oc5ccccc5c34)cccc21. The van der Waals surface area contributed by atoms with E-state index in [4.69, 9.17) is 9.15 Å². The third-order valence-electron chi connectivity index (χ3n) is 17.5. The van der Waals surface area contributed by atoms with Crippen LogP contribution in [0.25, 0.3) is 55.3 Å². The molecule has 0 fully saturated rings. The highest BCUT2D eigenvalue weighted by Gasteiger charge is 2.53. The lowest BCUT2D eigenvalue weighted by molar-refractivity contribution is 0.433. The molecule has 2 heterocycles. The quantitative estimate of drug-likeness (QED) is 0.166. The van der Waals surface area contributed by atoms with Crippen LogP contribution in [0.2, 0.25) is 0 Å². The van der Waals surface area contributed by atoms with Crippen molar-refractivity contribution in [1.29, 1.82) is 0 Å². The maximum absolute atomic E-state index is 7.11. The zero-order valence-electron chi connectivity index (χ0n) is 45.4. The summed E-state index contributed by atoms with van der Waals surface area (Å²) < 4.78 is 13.7. The van der Waals surface area contributed by atoms with Crippen LogP contribution in [0.5, 0.6) is 11.5 Å². The molecular weight excluding hydrogens is 959 g/mol. The number of rotatable bonds is 6. The van der Waals surface area contributed by atoms with Crippen LogP contribution in [0.4, 0.5) is 17.1 Å². The minimum Gasteiger partial charge on any atom is -0.457 e. The van der Waals surface area contributed by atoms with Crippen molar-refractivity contribution in [2.24, 2.45) is 0 Å². The second-order valence-corrected chi connectivity index (χ2v) is 23.9. The number of nitrogens with zero attached hydrogens (tertiary/aromatic N) is 1. The zero-order chi connectivity index (χ0) is 53.4. The Bertz CT molecular complexity index is 4330. The molecule has 12 aromatic rings. The first-order chi connectivity index (χ1) is 38.5. The van der Waals surface area contributed by atoms with E-state index in [0.717, 1.165) is 72.8 Å². The van der Waals surface area contributed by atoms with Crippen LogP contribution in [-0.4, -0.2) is 0 Å². The van der Waals surface area contributed by atoms with E-state index in [9.17, 15) is 0 Å². The van der Waals surface area contributed by atoms with Gasteiger partial charge in [0.25, 0.3) is 0 Å². The van der Waals surface area contributed by atoms with Crippen molar-refractivity contribution >= 4 is 39.0 Å². The molecule has 0 saturated heterocycles. The molecule has 0 amide bonds. The zero-order valence-corrected chi connectivity index (χ0v) is 45.4. The van der Waals surface area contributed by atoms with E-state index in [1.807, 2.05) is 0 Å². The first kappa shape index (κ1) is 47.1. The molecule has 1 aromatic heterocycles. The third kappa shape index (κ3) is 6.72. The summed E-state index contributed by atoms with van der Waals surface area (Å²) in [5.41, 5.74) is 22.8. The fraction of sp³-hybridized carbons (Fsp3) is 0.132. The number of para-hydroxylation sites is 2. The van der Waals surface area contributed by atoms with Crippen molar-refractivity contribution in [2.45, 2.75) is 63.2 Å². The van der Waals surface area contributed by atoms with Crippen LogP contribution < -0.4 is 9.64 Å². The van der Waals surface area contributed by atoms with Gasteiger partial charge in [0.05, 0.1) is 22.2 Å². The summed E-state index contributed by atoms with van der Waals surface area (Å²) in [4.78, 5) is 2.58. The Labute approximate surface area is 463 Å². The van der Waals surface area contributed by atoms with Crippen LogP contribution in [0.1, 0.15) is 97.2 Å². The predicted molar refractivity (Wildman–Crippen MR) is 326 cm³/mol. The fourth-order valence-electron chi connectivity index (χ4n) is 14.0. The Balaban J connectivity index is 1.07. The van der Waals surface area contributed by atoms with E-state index >= 15 is 0 Å². The van der Waals surface area contributed by atoms with Gasteiger partial charge < -0.3 is 14.1 Å². The molecule has 0 atom stereocenters. The summed E-state index contributed by atoms with van der Waals surface area (Å²) in [5.74, 6) is 1.77. The number of hydrogen-bond acceptors (Lipinski definition) is 3. The van der Waals surface area contributed by atoms with Crippen molar-refractivity contribution in [3.8, 4) is 44.9 Å². The van der Waals surface area contributed by atoms with Gasteiger partial charge in [-0.3, -0.25) is 0 Å². The molecule has 0 N–H and O–H groups in total. The summed E-state index contributed by atoms with van der Waals surface area (Å²) in [6.07, 6.45) is 0. The molecule has 3 aliphatic rings. The van der Waals surface area contributed by atoms with Gasteiger partial charge in [-0.2, -0.15) is 0 Å². The largest absolute Gasteiger partial charge is 0.457 e. The van der Waals surface area contributed by atoms with Gasteiger partial charge in [0.15, 0.2) is 0 Å². The standard InChI is InChI=1S/C76H59NO2/c1-73(2,3)50-39-43-68-63(45-50)76(64-46-51(74(4,5)6)40-44-69(64)79-68)60-33-18-14-29-57(60)72-61(76)34-22-36-66(72)77(65-35-19-15-28-55(65)56-31-21-38-70-71(56)58-30-16-20-37-67(58)78-70)52-41-42-54-53-27-13-17-32-59(53)75(62(54)47-52,48-23-9-7-10-24-48)49-25-11-8-12-26-49/h7-47H,1-6H3. The van der Waals surface area contributed by atoms with Crippen molar-refractivity contribution in [3.63, 3.8) is 0 Å². The molecule has 0 radical (unpaired) electrons. The van der Waals surface area contributed by atoms with Gasteiger partial charge in [0.2, 0.25) is 0 Å². The smallest absolute Gasteiger partial charge is 0.136 e. The number of furan rings is 1. The highest BCUT2D eigenvalue weighted by Crippen LogP contribution is 2.66. The molecule has 0 unspecified atom stereocenters. The molecule has 1 spiro atoms. The highest BCUT2D eigenvalue weighted by atomic mass is 16.5. The van der Waals surface area contributed by atoms with Crippen LogP contribution in [0.3, 0.4) is 0 Å². The monoisotopic (exact) mass is 1020 g/mol. The van der Waals surface area contributed by atoms with Crippen molar-refractivity contribution in [2.75, 3.05) is 4.90 Å². The van der Waals surface area contributed by atoms with Crippen LogP contribution in [0.15, 0.2) is 253 Å². The van der Waals surface area contributed by atoms with Crippen LogP contribution in [0, 0.1) is 0 Å². The number of fused-ring (bicyclic) bond motifs is 15. The molecule has 0 saturated carbocycles. The van der Waals surface area contributed by atoms with Gasteiger partial charge in [0, 0.05) is 38.7 Å². The molecule has 3 nitrogen and oxygen atoms in total. The van der Waals surface area contributed by atoms with Gasteiger partial charge in [-0.15, -0.1) is 0 Å². The lowest BCUT2D eigenvalue weighted by atomic mass is 9.64. The Hall–Kier alpha value is -9.18. The second-order valence-electron chi connectivity index (χ2n) is 23.9. The lowest BCUT2D eigenvalue weighted by Crippen LogP contribution is -2.33. The Morgan fingerprint density at radius 1 is 0.342 bits per heavy atom. The van der Waals surface area contributed by atoms with E-state index in [2.05, 4.69) is 295 Å². The summed E-state index contributed by atoms with van der Waals surface area (Å²) >= 11 is 0. The Kier molecular flexibility index (Phi) is 10.2. The maximum Gasteiger partial charge on any atom is 0.136 e. The van der Waals surface area contributed by atoms with Crippen molar-refractivity contribution in [1.82, 2.24) is 0 Å². The third-order valence-corrected chi connectivity index (χ3v) is 17.5. The maximum atomic E-state index is 7.11. The molecule has 2 aliphatic carbocycles. The fourth-order valence-corrected chi connectivity index (χ4v) is 14.0. The minimum atomic E-state index is -0.727. The second kappa shape index (κ2) is 17.2. The van der Waals surface area contributed by atoms with Crippen LogP contribution in [-0.2, 0) is 21.7 Å². The van der Waals surface area contributed by atoms with Crippen LogP contribution >= 0.6 is 0 Å². The van der Waals surface area contributed by atoms with E-state index in [-0.39, 0.29) is 10.8 Å². The predicted octanol–water partition coefficient (Wildman–Crippen LogP) is 20.1. The first-order valence-corrected chi connectivity index (χ1v) is 27.8. The topological polar surface area (TPSA) is 25.6 Å². The normalized spacial score (nSPS) is 14.3. The Morgan fingerprint density at radius 2 is 0.848 bits per heavy atom. The van der Waals surface area contributed by atoms with Gasteiger partial charge in [-0.1, -0.05) is 230 Å². The molecule has 11 aromatic carbocycles. The molecule has 380 valence electrons. The molecule has 3 heteroatoms. The Morgan fingerprint density at radius 3 is 1.52 bits per heavy atom. The number of ether oxygens (including phenoxy) is 1. The van der Waals surface area contributed by atoms with E-state index in [0.29, 0.717) is 0 Å². The molecule has 0 bridgehead atoms.